The van der Waals surface area contributed by atoms with E-state index in [-0.39, 0.29) is 5.91 Å². The lowest BCUT2D eigenvalue weighted by Gasteiger charge is -2.19. The standard InChI is InChI=1S/C16H13BrN2O2.CH5N/c1-19-16(20)15(12-6-4-5-11(9-12)10-18)21-14-8-3-2-7-13(14)17;1-2/h2-9,15H,1H3,(H,19,20);2H2,1H3. The van der Waals surface area contributed by atoms with E-state index in [1.54, 1.807) is 37.4 Å². The van der Waals surface area contributed by atoms with Gasteiger partial charge in [-0.05, 0) is 47.2 Å². The van der Waals surface area contributed by atoms with Gasteiger partial charge in [0.1, 0.15) is 5.75 Å². The molecule has 0 saturated heterocycles. The lowest BCUT2D eigenvalue weighted by Crippen LogP contribution is -2.29. The number of amides is 1. The third-order valence-corrected chi connectivity index (χ3v) is 3.54. The highest BCUT2D eigenvalue weighted by Gasteiger charge is 2.22. The molecule has 0 radical (unpaired) electrons. The minimum absolute atomic E-state index is 0.277. The number of hydrogen-bond acceptors (Lipinski definition) is 4. The van der Waals surface area contributed by atoms with Crippen LogP contribution in [-0.2, 0) is 4.79 Å². The van der Waals surface area contributed by atoms with Gasteiger partial charge in [0.15, 0.2) is 0 Å². The minimum Gasteiger partial charge on any atom is -0.475 e. The predicted molar refractivity (Wildman–Crippen MR) is 92.8 cm³/mol. The highest BCUT2D eigenvalue weighted by atomic mass is 79.9. The van der Waals surface area contributed by atoms with Crippen molar-refractivity contribution in [3.8, 4) is 11.8 Å². The van der Waals surface area contributed by atoms with Gasteiger partial charge in [0, 0.05) is 12.6 Å². The molecule has 0 aliphatic heterocycles. The number of nitrogens with zero attached hydrogens (tertiary/aromatic N) is 1. The Balaban J connectivity index is 0.00000127. The van der Waals surface area contributed by atoms with Crippen molar-refractivity contribution in [2.45, 2.75) is 6.10 Å². The van der Waals surface area contributed by atoms with E-state index in [0.29, 0.717) is 16.9 Å². The van der Waals surface area contributed by atoms with Crippen LogP contribution >= 0.6 is 15.9 Å². The summed E-state index contributed by atoms with van der Waals surface area (Å²) in [6.07, 6.45) is -0.818. The third-order valence-electron chi connectivity index (χ3n) is 2.88. The maximum atomic E-state index is 12.1. The molecule has 2 rings (SSSR count). The Kier molecular flexibility index (Phi) is 7.81. The normalized spacial score (nSPS) is 10.6. The zero-order chi connectivity index (χ0) is 17.2. The zero-order valence-corrected chi connectivity index (χ0v) is 14.5. The average molecular weight is 376 g/mol. The summed E-state index contributed by atoms with van der Waals surface area (Å²) in [6.45, 7) is 0. The first kappa shape index (κ1) is 18.7. The van der Waals surface area contributed by atoms with E-state index in [4.69, 9.17) is 10.00 Å². The fourth-order valence-electron chi connectivity index (χ4n) is 1.84. The van der Waals surface area contributed by atoms with Gasteiger partial charge in [0.2, 0.25) is 6.10 Å². The molecule has 1 amide bonds. The Morgan fingerprint density at radius 3 is 2.57 bits per heavy atom. The first-order valence-corrected chi connectivity index (χ1v) is 7.65. The monoisotopic (exact) mass is 375 g/mol. The van der Waals surface area contributed by atoms with Gasteiger partial charge in [0.25, 0.3) is 5.91 Å². The second-order valence-electron chi connectivity index (χ2n) is 4.28. The molecule has 1 atom stereocenters. The molecular formula is C17H18BrN3O2. The summed E-state index contributed by atoms with van der Waals surface area (Å²) in [5.74, 6) is 0.286. The van der Waals surface area contributed by atoms with Crippen LogP contribution in [0.5, 0.6) is 5.75 Å². The molecule has 0 aliphatic rings. The molecule has 0 fully saturated rings. The zero-order valence-electron chi connectivity index (χ0n) is 12.9. The number of para-hydroxylation sites is 1. The van der Waals surface area contributed by atoms with E-state index in [1.807, 2.05) is 18.2 Å². The van der Waals surface area contributed by atoms with E-state index in [1.165, 1.54) is 7.05 Å². The molecule has 120 valence electrons. The van der Waals surface area contributed by atoms with Crippen molar-refractivity contribution in [1.29, 1.82) is 5.26 Å². The molecule has 2 aromatic rings. The van der Waals surface area contributed by atoms with Crippen LogP contribution in [0.2, 0.25) is 0 Å². The van der Waals surface area contributed by atoms with Crippen LogP contribution in [0.3, 0.4) is 0 Å². The Hall–Kier alpha value is -2.36. The molecule has 0 saturated carbocycles. The van der Waals surface area contributed by atoms with Crippen LogP contribution in [0, 0.1) is 11.3 Å². The van der Waals surface area contributed by atoms with Gasteiger partial charge in [-0.15, -0.1) is 0 Å². The quantitative estimate of drug-likeness (QED) is 0.859. The van der Waals surface area contributed by atoms with E-state index in [2.05, 4.69) is 33.0 Å². The number of hydrogen-bond donors (Lipinski definition) is 2. The van der Waals surface area contributed by atoms with Crippen LogP contribution in [-0.4, -0.2) is 20.0 Å². The maximum Gasteiger partial charge on any atom is 0.265 e. The molecule has 23 heavy (non-hydrogen) atoms. The smallest absolute Gasteiger partial charge is 0.265 e. The SMILES string of the molecule is CN.CNC(=O)C(Oc1ccccc1Br)c1cccc(C#N)c1. The lowest BCUT2D eigenvalue weighted by atomic mass is 10.1. The van der Waals surface area contributed by atoms with Gasteiger partial charge in [-0.25, -0.2) is 0 Å². The van der Waals surface area contributed by atoms with Crippen molar-refractivity contribution < 1.29 is 9.53 Å². The summed E-state index contributed by atoms with van der Waals surface area (Å²) < 4.78 is 6.57. The van der Waals surface area contributed by atoms with Crippen molar-refractivity contribution in [2.24, 2.45) is 5.73 Å². The fourth-order valence-corrected chi connectivity index (χ4v) is 2.22. The van der Waals surface area contributed by atoms with Gasteiger partial charge >= 0.3 is 0 Å². The average Bonchev–Trinajstić information content (AvgIpc) is 2.62. The van der Waals surface area contributed by atoms with E-state index in [0.717, 1.165) is 4.47 Å². The summed E-state index contributed by atoms with van der Waals surface area (Å²) in [7, 11) is 3.05. The van der Waals surface area contributed by atoms with Crippen LogP contribution in [0.1, 0.15) is 17.2 Å². The molecule has 0 heterocycles. The predicted octanol–water partition coefficient (Wildman–Crippen LogP) is 2.76. The summed E-state index contributed by atoms with van der Waals surface area (Å²) in [5, 5.41) is 11.6. The first-order valence-electron chi connectivity index (χ1n) is 6.86. The second kappa shape index (κ2) is 9.62. The topological polar surface area (TPSA) is 88.1 Å². The van der Waals surface area contributed by atoms with Crippen molar-refractivity contribution in [1.82, 2.24) is 5.32 Å². The number of nitriles is 1. The fraction of sp³-hybridized carbons (Fsp3) is 0.176. The number of rotatable bonds is 4. The van der Waals surface area contributed by atoms with Crippen LogP contribution in [0.25, 0.3) is 0 Å². The van der Waals surface area contributed by atoms with Crippen molar-refractivity contribution in [3.63, 3.8) is 0 Å². The number of carbonyl (C=O) groups excluding carboxylic acids is 1. The molecule has 0 spiro atoms. The van der Waals surface area contributed by atoms with Gasteiger partial charge in [0.05, 0.1) is 16.1 Å². The Morgan fingerprint density at radius 1 is 1.26 bits per heavy atom. The molecule has 2 aromatic carbocycles. The Morgan fingerprint density at radius 2 is 1.96 bits per heavy atom. The summed E-state index contributed by atoms with van der Waals surface area (Å²) in [6, 6.07) is 16.2. The van der Waals surface area contributed by atoms with Gasteiger partial charge in [-0.2, -0.15) is 5.26 Å². The number of nitrogens with one attached hydrogen (secondary N) is 1. The highest BCUT2D eigenvalue weighted by Crippen LogP contribution is 2.29. The largest absolute Gasteiger partial charge is 0.475 e. The van der Waals surface area contributed by atoms with Crippen molar-refractivity contribution in [3.05, 3.63) is 64.1 Å². The summed E-state index contributed by atoms with van der Waals surface area (Å²) >= 11 is 3.39. The number of likely N-dealkylation sites (N-methyl/N-ethyl adjacent to an activating group) is 1. The van der Waals surface area contributed by atoms with E-state index >= 15 is 0 Å². The number of benzene rings is 2. The lowest BCUT2D eigenvalue weighted by molar-refractivity contribution is -0.127. The highest BCUT2D eigenvalue weighted by molar-refractivity contribution is 9.10. The van der Waals surface area contributed by atoms with Gasteiger partial charge < -0.3 is 15.8 Å². The third kappa shape index (κ3) is 5.09. The summed E-state index contributed by atoms with van der Waals surface area (Å²) in [5.41, 5.74) is 5.61. The molecule has 0 aromatic heterocycles. The van der Waals surface area contributed by atoms with Crippen LogP contribution in [0.15, 0.2) is 53.0 Å². The van der Waals surface area contributed by atoms with Gasteiger partial charge in [-0.3, -0.25) is 4.79 Å². The first-order chi connectivity index (χ1) is 11.2. The van der Waals surface area contributed by atoms with Crippen molar-refractivity contribution in [2.75, 3.05) is 14.1 Å². The Labute approximate surface area is 144 Å². The van der Waals surface area contributed by atoms with Crippen molar-refractivity contribution >= 4 is 21.8 Å². The Bertz CT molecular complexity index is 698. The molecular weight excluding hydrogens is 358 g/mol. The number of nitrogens with two attached hydrogens (primary N) is 1. The van der Waals surface area contributed by atoms with Crippen LogP contribution in [0.4, 0.5) is 0 Å². The molecule has 0 bridgehead atoms. The van der Waals surface area contributed by atoms with E-state index < -0.39 is 6.10 Å². The molecule has 5 nitrogen and oxygen atoms in total. The van der Waals surface area contributed by atoms with Gasteiger partial charge in [-0.1, -0.05) is 24.3 Å². The summed E-state index contributed by atoms with van der Waals surface area (Å²) in [4.78, 5) is 12.1. The minimum atomic E-state index is -0.818. The molecule has 6 heteroatoms. The second-order valence-corrected chi connectivity index (χ2v) is 5.13. The molecule has 0 aliphatic carbocycles. The number of ether oxygens (including phenoxy) is 1. The molecule has 3 N–H and O–H groups in total. The van der Waals surface area contributed by atoms with Crippen LogP contribution < -0.4 is 15.8 Å². The number of halogens is 1. The van der Waals surface area contributed by atoms with E-state index in [9.17, 15) is 4.79 Å². The maximum absolute atomic E-state index is 12.1. The number of carbonyl (C=O) groups is 1. The molecule has 1 unspecified atom stereocenters.